The van der Waals surface area contributed by atoms with Crippen LogP contribution in [0, 0.1) is 5.82 Å². The van der Waals surface area contributed by atoms with E-state index in [4.69, 9.17) is 4.74 Å². The number of nitrogens with zero attached hydrogens (tertiary/aromatic N) is 2. The molecule has 2 aromatic carbocycles. The van der Waals surface area contributed by atoms with E-state index in [1.807, 2.05) is 24.3 Å². The minimum Gasteiger partial charge on any atom is -0.497 e. The van der Waals surface area contributed by atoms with E-state index >= 15 is 0 Å². The van der Waals surface area contributed by atoms with Crippen molar-refractivity contribution in [1.29, 1.82) is 0 Å². The van der Waals surface area contributed by atoms with Crippen molar-refractivity contribution in [1.82, 2.24) is 14.9 Å². The zero-order valence-electron chi connectivity index (χ0n) is 14.2. The molecule has 0 aliphatic heterocycles. The van der Waals surface area contributed by atoms with Gasteiger partial charge < -0.3 is 10.1 Å². The molecular weight excluding hydrogens is 353 g/mol. The average molecular weight is 371 g/mol. The van der Waals surface area contributed by atoms with Gasteiger partial charge in [-0.05, 0) is 35.9 Å². The highest BCUT2D eigenvalue weighted by Gasteiger charge is 2.09. The number of nitrogens with one attached hydrogen (secondary N) is 1. The fraction of sp³-hybridized carbons (Fsp3) is 0.158. The van der Waals surface area contributed by atoms with E-state index in [-0.39, 0.29) is 17.5 Å². The summed E-state index contributed by atoms with van der Waals surface area (Å²) in [5, 5.41) is 3.50. The van der Waals surface area contributed by atoms with Gasteiger partial charge in [-0.25, -0.2) is 9.37 Å². The Morgan fingerprint density at radius 2 is 2.08 bits per heavy atom. The Kier molecular flexibility index (Phi) is 5.91. The number of rotatable bonds is 7. The van der Waals surface area contributed by atoms with Crippen molar-refractivity contribution in [2.75, 3.05) is 12.9 Å². The van der Waals surface area contributed by atoms with Gasteiger partial charge in [0.15, 0.2) is 5.16 Å². The molecule has 0 aliphatic rings. The first-order valence-corrected chi connectivity index (χ1v) is 8.96. The Morgan fingerprint density at radius 1 is 1.27 bits per heavy atom. The SMILES string of the molecule is COc1ccc(CNC(=O)CSc2nccn2-c2cccc(F)c2)cc1. The molecular formula is C19H18FN3O2S. The standard InChI is InChI=1S/C19H18FN3O2S/c1-25-17-7-5-14(6-8-17)12-22-18(24)13-26-19-21-9-10-23(19)16-4-2-3-15(20)11-16/h2-11H,12-13H2,1H3,(H,22,24). The van der Waals surface area contributed by atoms with Crippen LogP contribution in [0.2, 0.25) is 0 Å². The zero-order valence-corrected chi connectivity index (χ0v) is 15.0. The highest BCUT2D eigenvalue weighted by Crippen LogP contribution is 2.20. The number of methoxy groups -OCH3 is 1. The van der Waals surface area contributed by atoms with Gasteiger partial charge in [0.2, 0.25) is 5.91 Å². The lowest BCUT2D eigenvalue weighted by Gasteiger charge is -2.08. The molecule has 0 saturated carbocycles. The van der Waals surface area contributed by atoms with E-state index in [1.54, 1.807) is 36.2 Å². The maximum absolute atomic E-state index is 13.4. The van der Waals surface area contributed by atoms with E-state index < -0.39 is 0 Å². The number of amides is 1. The van der Waals surface area contributed by atoms with Crippen molar-refractivity contribution in [2.24, 2.45) is 0 Å². The highest BCUT2D eigenvalue weighted by molar-refractivity contribution is 7.99. The Balaban J connectivity index is 1.54. The lowest BCUT2D eigenvalue weighted by Crippen LogP contribution is -2.24. The lowest BCUT2D eigenvalue weighted by molar-refractivity contribution is -0.118. The molecule has 5 nitrogen and oxygen atoms in total. The smallest absolute Gasteiger partial charge is 0.230 e. The van der Waals surface area contributed by atoms with Crippen LogP contribution in [0.15, 0.2) is 66.1 Å². The first-order chi connectivity index (χ1) is 12.7. The fourth-order valence-electron chi connectivity index (χ4n) is 2.34. The van der Waals surface area contributed by atoms with Gasteiger partial charge in [-0.3, -0.25) is 9.36 Å². The predicted molar refractivity (Wildman–Crippen MR) is 99.1 cm³/mol. The quantitative estimate of drug-likeness (QED) is 0.647. The monoisotopic (exact) mass is 371 g/mol. The third-order valence-electron chi connectivity index (χ3n) is 3.67. The Hall–Kier alpha value is -2.80. The molecule has 0 spiro atoms. The van der Waals surface area contributed by atoms with Crippen molar-refractivity contribution < 1.29 is 13.9 Å². The Morgan fingerprint density at radius 3 is 2.81 bits per heavy atom. The number of benzene rings is 2. The number of imidazole rings is 1. The second-order valence-electron chi connectivity index (χ2n) is 5.47. The second kappa shape index (κ2) is 8.53. The van der Waals surface area contributed by atoms with Crippen molar-refractivity contribution >= 4 is 17.7 Å². The van der Waals surface area contributed by atoms with Crippen LogP contribution in [0.5, 0.6) is 5.75 Å². The largest absolute Gasteiger partial charge is 0.497 e. The molecule has 3 aromatic rings. The number of carbonyl (C=O) groups excluding carboxylic acids is 1. The number of halogens is 1. The maximum atomic E-state index is 13.4. The van der Waals surface area contributed by atoms with Crippen LogP contribution in [-0.4, -0.2) is 28.3 Å². The van der Waals surface area contributed by atoms with Crippen molar-refractivity contribution in [3.8, 4) is 11.4 Å². The van der Waals surface area contributed by atoms with Gasteiger partial charge in [0.1, 0.15) is 11.6 Å². The molecule has 7 heteroatoms. The zero-order chi connectivity index (χ0) is 18.4. The van der Waals surface area contributed by atoms with Crippen LogP contribution in [0.4, 0.5) is 4.39 Å². The van der Waals surface area contributed by atoms with Gasteiger partial charge in [0.25, 0.3) is 0 Å². The molecule has 26 heavy (non-hydrogen) atoms. The summed E-state index contributed by atoms with van der Waals surface area (Å²) in [4.78, 5) is 16.3. The second-order valence-corrected chi connectivity index (χ2v) is 6.42. The third-order valence-corrected chi connectivity index (χ3v) is 4.64. The summed E-state index contributed by atoms with van der Waals surface area (Å²) in [6, 6.07) is 13.8. The molecule has 1 aromatic heterocycles. The highest BCUT2D eigenvalue weighted by atomic mass is 32.2. The molecule has 0 radical (unpaired) electrons. The molecule has 0 aliphatic carbocycles. The van der Waals surface area contributed by atoms with E-state index in [2.05, 4.69) is 10.3 Å². The minimum atomic E-state index is -0.315. The summed E-state index contributed by atoms with van der Waals surface area (Å²) in [5.74, 6) is 0.589. The van der Waals surface area contributed by atoms with Gasteiger partial charge >= 0.3 is 0 Å². The molecule has 0 unspecified atom stereocenters. The molecule has 0 fully saturated rings. The number of carbonyl (C=O) groups is 1. The van der Waals surface area contributed by atoms with E-state index in [0.29, 0.717) is 17.4 Å². The van der Waals surface area contributed by atoms with Crippen LogP contribution in [0.1, 0.15) is 5.56 Å². The van der Waals surface area contributed by atoms with E-state index in [1.165, 1.54) is 23.9 Å². The normalized spacial score (nSPS) is 10.5. The minimum absolute atomic E-state index is 0.0976. The van der Waals surface area contributed by atoms with Gasteiger partial charge in [-0.2, -0.15) is 0 Å². The van der Waals surface area contributed by atoms with Gasteiger partial charge in [-0.15, -0.1) is 0 Å². The summed E-state index contributed by atoms with van der Waals surface area (Å²) in [6.45, 7) is 0.446. The number of hydrogen-bond donors (Lipinski definition) is 1. The third kappa shape index (κ3) is 4.64. The van der Waals surface area contributed by atoms with E-state index in [0.717, 1.165) is 11.3 Å². The molecule has 0 bridgehead atoms. The van der Waals surface area contributed by atoms with Crippen LogP contribution in [-0.2, 0) is 11.3 Å². The van der Waals surface area contributed by atoms with Crippen LogP contribution in [0.3, 0.4) is 0 Å². The molecule has 134 valence electrons. The van der Waals surface area contributed by atoms with Gasteiger partial charge in [-0.1, -0.05) is 30.0 Å². The van der Waals surface area contributed by atoms with Crippen molar-refractivity contribution in [3.63, 3.8) is 0 Å². The first-order valence-electron chi connectivity index (χ1n) is 7.97. The topological polar surface area (TPSA) is 56.1 Å². The average Bonchev–Trinajstić information content (AvgIpc) is 3.14. The Labute approximate surface area is 155 Å². The van der Waals surface area contributed by atoms with Crippen LogP contribution >= 0.6 is 11.8 Å². The summed E-state index contributed by atoms with van der Waals surface area (Å²) >= 11 is 1.30. The molecule has 3 rings (SSSR count). The lowest BCUT2D eigenvalue weighted by atomic mass is 10.2. The number of hydrogen-bond acceptors (Lipinski definition) is 4. The van der Waals surface area contributed by atoms with Crippen LogP contribution in [0.25, 0.3) is 5.69 Å². The molecule has 0 atom stereocenters. The van der Waals surface area contributed by atoms with E-state index in [9.17, 15) is 9.18 Å². The van der Waals surface area contributed by atoms with Crippen LogP contribution < -0.4 is 10.1 Å². The van der Waals surface area contributed by atoms with Gasteiger partial charge in [0.05, 0.1) is 18.6 Å². The number of thioether (sulfide) groups is 1. The summed E-state index contributed by atoms with van der Waals surface area (Å²) in [5.41, 5.74) is 1.66. The maximum Gasteiger partial charge on any atom is 0.230 e. The molecule has 1 N–H and O–H groups in total. The summed E-state index contributed by atoms with van der Waals surface area (Å²) in [6.07, 6.45) is 3.37. The number of aromatic nitrogens is 2. The Bertz CT molecular complexity index is 881. The molecule has 1 heterocycles. The fourth-order valence-corrected chi connectivity index (χ4v) is 3.15. The number of ether oxygens (including phenoxy) is 1. The molecule has 1 amide bonds. The summed E-state index contributed by atoms with van der Waals surface area (Å²) in [7, 11) is 1.61. The van der Waals surface area contributed by atoms with Gasteiger partial charge in [0, 0.05) is 18.9 Å². The molecule has 0 saturated heterocycles. The summed E-state index contributed by atoms with van der Waals surface area (Å²) < 4.78 is 20.3. The van der Waals surface area contributed by atoms with Crippen molar-refractivity contribution in [3.05, 3.63) is 72.3 Å². The first kappa shape index (κ1) is 18.0. The van der Waals surface area contributed by atoms with Crippen molar-refractivity contribution in [2.45, 2.75) is 11.7 Å². The predicted octanol–water partition coefficient (Wildman–Crippen LogP) is 3.43.